The number of rotatable bonds is 4. The number of benzene rings is 2. The molecule has 0 saturated heterocycles. The number of nitrogens with one attached hydrogen (secondary N) is 1. The highest BCUT2D eigenvalue weighted by Crippen LogP contribution is 2.37. The molecule has 0 fully saturated rings. The van der Waals surface area contributed by atoms with Crippen molar-refractivity contribution >= 4 is 61.6 Å². The first-order valence-electron chi connectivity index (χ1n) is 7.79. The molecule has 0 radical (unpaired) electrons. The number of nitrogens with zero attached hydrogens (tertiary/aromatic N) is 1. The Morgan fingerprint density at radius 3 is 2.65 bits per heavy atom. The van der Waals surface area contributed by atoms with Crippen LogP contribution in [0.1, 0.15) is 11.3 Å². The van der Waals surface area contributed by atoms with Gasteiger partial charge in [0.15, 0.2) is 12.4 Å². The summed E-state index contributed by atoms with van der Waals surface area (Å²) in [5.74, 6) is 0.0513. The number of carbonyl (C=O) groups excluding carboxylic acids is 1. The first kappa shape index (κ1) is 19.0. The van der Waals surface area contributed by atoms with Gasteiger partial charge >= 0.3 is 0 Å². The molecule has 1 amide bonds. The van der Waals surface area contributed by atoms with Gasteiger partial charge in [-0.3, -0.25) is 4.79 Å². The van der Waals surface area contributed by atoms with E-state index in [0.29, 0.717) is 27.0 Å². The van der Waals surface area contributed by atoms with Crippen molar-refractivity contribution in [3.05, 3.63) is 62.2 Å². The van der Waals surface area contributed by atoms with E-state index in [4.69, 9.17) is 27.9 Å². The fourth-order valence-corrected chi connectivity index (χ4v) is 3.30. The van der Waals surface area contributed by atoms with Crippen LogP contribution in [0.2, 0.25) is 10.0 Å². The van der Waals surface area contributed by atoms with Crippen LogP contribution in [0, 0.1) is 13.8 Å². The number of halogens is 3. The summed E-state index contributed by atoms with van der Waals surface area (Å²) in [6.45, 7) is 3.62. The summed E-state index contributed by atoms with van der Waals surface area (Å²) in [7, 11) is 0. The van der Waals surface area contributed by atoms with Crippen LogP contribution in [-0.4, -0.2) is 17.5 Å². The average Bonchev–Trinajstić information content (AvgIpc) is 2.57. The van der Waals surface area contributed by atoms with Crippen molar-refractivity contribution in [3.8, 4) is 5.75 Å². The topological polar surface area (TPSA) is 51.2 Å². The van der Waals surface area contributed by atoms with E-state index in [1.54, 1.807) is 6.07 Å². The SMILES string of the molecule is Cc1ccc2c(Cl)cc(Cl)c(OCC(=O)Nc3ccc(Br)c(C)c3)c2n1. The van der Waals surface area contributed by atoms with Gasteiger partial charge < -0.3 is 10.1 Å². The second-order valence-corrected chi connectivity index (χ2v) is 7.49. The standard InChI is InChI=1S/C19H15BrCl2N2O2/c1-10-7-12(4-6-14(10)20)24-17(25)9-26-19-16(22)8-15(21)13-5-3-11(2)23-18(13)19/h3-8H,9H2,1-2H3,(H,24,25). The molecular weight excluding hydrogens is 439 g/mol. The lowest BCUT2D eigenvalue weighted by Crippen LogP contribution is -2.20. The third-order valence-corrected chi connectivity index (χ3v) is 5.25. The van der Waals surface area contributed by atoms with Crippen LogP contribution in [0.25, 0.3) is 10.9 Å². The highest BCUT2D eigenvalue weighted by Gasteiger charge is 2.15. The van der Waals surface area contributed by atoms with E-state index in [9.17, 15) is 4.79 Å². The molecule has 0 atom stereocenters. The van der Waals surface area contributed by atoms with Gasteiger partial charge in [0.25, 0.3) is 5.91 Å². The van der Waals surface area contributed by atoms with Gasteiger partial charge in [0.05, 0.1) is 10.0 Å². The molecule has 3 rings (SSSR count). The second-order valence-electron chi connectivity index (χ2n) is 5.82. The number of ether oxygens (including phenoxy) is 1. The number of pyridine rings is 1. The smallest absolute Gasteiger partial charge is 0.262 e. The Hall–Kier alpha value is -1.82. The van der Waals surface area contributed by atoms with Gasteiger partial charge in [0.2, 0.25) is 0 Å². The van der Waals surface area contributed by atoms with Crippen LogP contribution in [0.3, 0.4) is 0 Å². The van der Waals surface area contributed by atoms with Crippen LogP contribution in [0.5, 0.6) is 5.75 Å². The summed E-state index contributed by atoms with van der Waals surface area (Å²) in [5, 5.41) is 4.32. The summed E-state index contributed by atoms with van der Waals surface area (Å²) >= 11 is 15.9. The molecule has 1 N–H and O–H groups in total. The minimum Gasteiger partial charge on any atom is -0.480 e. The fraction of sp³-hybridized carbons (Fsp3) is 0.158. The third kappa shape index (κ3) is 4.11. The molecule has 3 aromatic rings. The van der Waals surface area contributed by atoms with E-state index in [1.807, 2.05) is 44.2 Å². The lowest BCUT2D eigenvalue weighted by atomic mass is 10.2. The maximum absolute atomic E-state index is 12.2. The lowest BCUT2D eigenvalue weighted by molar-refractivity contribution is -0.118. The van der Waals surface area contributed by atoms with Gasteiger partial charge in [0.1, 0.15) is 5.52 Å². The number of amides is 1. The molecule has 1 aromatic heterocycles. The van der Waals surface area contributed by atoms with E-state index in [2.05, 4.69) is 26.2 Å². The zero-order chi connectivity index (χ0) is 18.8. The Labute approximate surface area is 169 Å². The van der Waals surface area contributed by atoms with Crippen LogP contribution in [-0.2, 0) is 4.79 Å². The van der Waals surface area contributed by atoms with E-state index in [-0.39, 0.29) is 12.5 Å². The maximum atomic E-state index is 12.2. The third-order valence-electron chi connectivity index (χ3n) is 3.77. The number of aromatic nitrogens is 1. The van der Waals surface area contributed by atoms with Gasteiger partial charge in [-0.2, -0.15) is 0 Å². The number of hydrogen-bond acceptors (Lipinski definition) is 3. The maximum Gasteiger partial charge on any atom is 0.262 e. The summed E-state index contributed by atoms with van der Waals surface area (Å²) in [6, 6.07) is 10.9. The molecule has 0 aliphatic heterocycles. The highest BCUT2D eigenvalue weighted by molar-refractivity contribution is 9.10. The molecular formula is C19H15BrCl2N2O2. The fourth-order valence-electron chi connectivity index (χ4n) is 2.48. The number of carbonyl (C=O) groups is 1. The summed E-state index contributed by atoms with van der Waals surface area (Å²) in [4.78, 5) is 16.7. The van der Waals surface area contributed by atoms with Crippen molar-refractivity contribution in [1.29, 1.82) is 0 Å². The molecule has 0 aliphatic carbocycles. The molecule has 0 bridgehead atoms. The van der Waals surface area contributed by atoms with Crippen molar-refractivity contribution in [2.24, 2.45) is 0 Å². The average molecular weight is 454 g/mol. The summed E-state index contributed by atoms with van der Waals surface area (Å²) in [5.41, 5.74) is 3.06. The number of hydrogen-bond donors (Lipinski definition) is 1. The van der Waals surface area contributed by atoms with Crippen molar-refractivity contribution in [2.75, 3.05) is 11.9 Å². The van der Waals surface area contributed by atoms with E-state index in [0.717, 1.165) is 21.1 Å². The normalized spacial score (nSPS) is 10.8. The predicted octanol–water partition coefficient (Wildman–Crippen LogP) is 5.94. The van der Waals surface area contributed by atoms with Gasteiger partial charge in [-0.25, -0.2) is 4.98 Å². The first-order valence-corrected chi connectivity index (χ1v) is 9.34. The molecule has 0 spiro atoms. The quantitative estimate of drug-likeness (QED) is 0.531. The zero-order valence-electron chi connectivity index (χ0n) is 14.1. The molecule has 7 heteroatoms. The van der Waals surface area contributed by atoms with Crippen molar-refractivity contribution in [3.63, 3.8) is 0 Å². The van der Waals surface area contributed by atoms with Crippen LogP contribution >= 0.6 is 39.1 Å². The summed E-state index contributed by atoms with van der Waals surface area (Å²) < 4.78 is 6.65. The van der Waals surface area contributed by atoms with E-state index < -0.39 is 0 Å². The Kier molecular flexibility index (Phi) is 5.70. The molecule has 4 nitrogen and oxygen atoms in total. The van der Waals surface area contributed by atoms with E-state index >= 15 is 0 Å². The second kappa shape index (κ2) is 7.82. The van der Waals surface area contributed by atoms with Gasteiger partial charge in [0, 0.05) is 21.2 Å². The van der Waals surface area contributed by atoms with Gasteiger partial charge in [-0.15, -0.1) is 0 Å². The minimum absolute atomic E-state index is 0.193. The van der Waals surface area contributed by atoms with E-state index in [1.165, 1.54) is 0 Å². The molecule has 0 saturated carbocycles. The van der Waals surface area contributed by atoms with Crippen molar-refractivity contribution in [2.45, 2.75) is 13.8 Å². The predicted molar refractivity (Wildman–Crippen MR) is 110 cm³/mol. The number of fused-ring (bicyclic) bond motifs is 1. The first-order chi connectivity index (χ1) is 12.3. The Balaban J connectivity index is 1.80. The molecule has 2 aromatic carbocycles. The van der Waals surface area contributed by atoms with Crippen LogP contribution < -0.4 is 10.1 Å². The largest absolute Gasteiger partial charge is 0.480 e. The van der Waals surface area contributed by atoms with Gasteiger partial charge in [-0.05, 0) is 55.8 Å². The Morgan fingerprint density at radius 1 is 1.15 bits per heavy atom. The lowest BCUT2D eigenvalue weighted by Gasteiger charge is -2.13. The van der Waals surface area contributed by atoms with Crippen molar-refractivity contribution in [1.82, 2.24) is 4.98 Å². The molecule has 0 aliphatic rings. The summed E-state index contributed by atoms with van der Waals surface area (Å²) in [6.07, 6.45) is 0. The molecule has 26 heavy (non-hydrogen) atoms. The molecule has 1 heterocycles. The van der Waals surface area contributed by atoms with Crippen LogP contribution in [0.15, 0.2) is 40.9 Å². The number of aryl methyl sites for hydroxylation is 2. The Morgan fingerprint density at radius 2 is 1.92 bits per heavy atom. The number of anilines is 1. The Bertz CT molecular complexity index is 1010. The highest BCUT2D eigenvalue weighted by atomic mass is 79.9. The monoisotopic (exact) mass is 452 g/mol. The minimum atomic E-state index is -0.293. The zero-order valence-corrected chi connectivity index (χ0v) is 17.2. The molecule has 0 unspecified atom stereocenters. The van der Waals surface area contributed by atoms with Gasteiger partial charge in [-0.1, -0.05) is 39.1 Å². The van der Waals surface area contributed by atoms with Crippen molar-refractivity contribution < 1.29 is 9.53 Å². The van der Waals surface area contributed by atoms with Crippen LogP contribution in [0.4, 0.5) is 5.69 Å². The molecule has 134 valence electrons.